The Morgan fingerprint density at radius 3 is 2.21 bits per heavy atom. The minimum atomic E-state index is -4.08. The Hall–Kier alpha value is -3.65. The van der Waals surface area contributed by atoms with E-state index in [0.29, 0.717) is 18.7 Å². The smallest absolute Gasteiger partial charge is 0.264 e. The van der Waals surface area contributed by atoms with Crippen molar-refractivity contribution in [3.63, 3.8) is 0 Å². The Morgan fingerprint density at radius 1 is 0.872 bits per heavy atom. The van der Waals surface area contributed by atoms with Gasteiger partial charge in [0.1, 0.15) is 12.6 Å². The van der Waals surface area contributed by atoms with E-state index in [0.717, 1.165) is 28.7 Å². The molecule has 0 radical (unpaired) electrons. The molecule has 0 fully saturated rings. The van der Waals surface area contributed by atoms with Crippen molar-refractivity contribution in [1.82, 2.24) is 10.2 Å². The predicted molar refractivity (Wildman–Crippen MR) is 156 cm³/mol. The summed E-state index contributed by atoms with van der Waals surface area (Å²) in [5.41, 5.74) is 3.94. The molecule has 39 heavy (non-hydrogen) atoms. The van der Waals surface area contributed by atoms with Crippen molar-refractivity contribution in [3.05, 3.63) is 95.1 Å². The van der Waals surface area contributed by atoms with Crippen molar-refractivity contribution >= 4 is 27.5 Å². The van der Waals surface area contributed by atoms with Crippen molar-refractivity contribution < 1.29 is 18.0 Å². The molecule has 1 N–H and O–H groups in total. The highest BCUT2D eigenvalue weighted by Crippen LogP contribution is 2.28. The van der Waals surface area contributed by atoms with Gasteiger partial charge in [0, 0.05) is 13.1 Å². The first kappa shape index (κ1) is 29.9. The molecule has 1 atom stereocenters. The number of nitrogens with one attached hydrogen (secondary N) is 1. The standard InChI is InChI=1S/C31H39N3O4S/c1-6-18-32-31(36)28(7-2)33(21-26-13-11-12-23(3)19-26)30(35)22-34(29-20-24(4)16-17-25(29)5)39(37,38)27-14-9-8-10-15-27/h8-17,19-20,28H,6-7,18,21-22H2,1-5H3,(H,32,36). The van der Waals surface area contributed by atoms with Crippen molar-refractivity contribution in [3.8, 4) is 0 Å². The van der Waals surface area contributed by atoms with Crippen LogP contribution in [0.15, 0.2) is 77.7 Å². The van der Waals surface area contributed by atoms with E-state index in [2.05, 4.69) is 5.32 Å². The maximum atomic E-state index is 14.1. The summed E-state index contributed by atoms with van der Waals surface area (Å²) >= 11 is 0. The second-order valence-electron chi connectivity index (χ2n) is 9.84. The molecule has 0 bridgehead atoms. The van der Waals surface area contributed by atoms with Crippen LogP contribution in [-0.4, -0.2) is 44.3 Å². The molecule has 0 aliphatic rings. The molecule has 0 saturated heterocycles. The van der Waals surface area contributed by atoms with Gasteiger partial charge in [0.2, 0.25) is 11.8 Å². The summed E-state index contributed by atoms with van der Waals surface area (Å²) in [5, 5.41) is 2.91. The average molecular weight is 550 g/mol. The lowest BCUT2D eigenvalue weighted by atomic mass is 10.1. The van der Waals surface area contributed by atoms with Crippen LogP contribution in [0.25, 0.3) is 0 Å². The van der Waals surface area contributed by atoms with Gasteiger partial charge in [0.25, 0.3) is 10.0 Å². The van der Waals surface area contributed by atoms with Gasteiger partial charge in [-0.25, -0.2) is 8.42 Å². The quantitative estimate of drug-likeness (QED) is 0.339. The summed E-state index contributed by atoms with van der Waals surface area (Å²) in [6, 6.07) is 20.7. The third-order valence-electron chi connectivity index (χ3n) is 6.61. The lowest BCUT2D eigenvalue weighted by Crippen LogP contribution is -2.52. The zero-order chi connectivity index (χ0) is 28.6. The van der Waals surface area contributed by atoms with Crippen LogP contribution in [0.5, 0.6) is 0 Å². The van der Waals surface area contributed by atoms with Crippen LogP contribution >= 0.6 is 0 Å². The van der Waals surface area contributed by atoms with Crippen LogP contribution in [-0.2, 0) is 26.2 Å². The lowest BCUT2D eigenvalue weighted by molar-refractivity contribution is -0.140. The monoisotopic (exact) mass is 549 g/mol. The molecule has 3 aromatic carbocycles. The van der Waals surface area contributed by atoms with Crippen LogP contribution in [0.2, 0.25) is 0 Å². The number of sulfonamides is 1. The molecule has 0 aliphatic carbocycles. The van der Waals surface area contributed by atoms with Crippen LogP contribution in [0, 0.1) is 20.8 Å². The second-order valence-corrected chi connectivity index (χ2v) is 11.7. The fraction of sp³-hybridized carbons (Fsp3) is 0.355. The summed E-state index contributed by atoms with van der Waals surface area (Å²) in [7, 11) is -4.08. The number of anilines is 1. The Kier molecular flexibility index (Phi) is 10.3. The molecule has 0 aromatic heterocycles. The van der Waals surface area contributed by atoms with Crippen LogP contribution in [0.3, 0.4) is 0 Å². The third-order valence-corrected chi connectivity index (χ3v) is 8.39. The second kappa shape index (κ2) is 13.4. The first-order valence-corrected chi connectivity index (χ1v) is 14.8. The molecule has 0 aliphatic heterocycles. The summed E-state index contributed by atoms with van der Waals surface area (Å²) in [5.74, 6) is -0.694. The highest BCUT2D eigenvalue weighted by molar-refractivity contribution is 7.92. The Morgan fingerprint density at radius 2 is 1.56 bits per heavy atom. The summed E-state index contributed by atoms with van der Waals surface area (Å²) < 4.78 is 29.1. The van der Waals surface area contributed by atoms with E-state index in [9.17, 15) is 18.0 Å². The van der Waals surface area contributed by atoms with E-state index in [4.69, 9.17) is 0 Å². The first-order chi connectivity index (χ1) is 18.6. The Labute approximate surface area is 232 Å². The normalized spacial score (nSPS) is 12.0. The van der Waals surface area contributed by atoms with E-state index >= 15 is 0 Å². The molecule has 3 aromatic rings. The van der Waals surface area contributed by atoms with Crippen LogP contribution in [0.4, 0.5) is 5.69 Å². The largest absolute Gasteiger partial charge is 0.354 e. The fourth-order valence-corrected chi connectivity index (χ4v) is 6.01. The number of hydrogen-bond donors (Lipinski definition) is 1. The molecule has 8 heteroatoms. The number of amides is 2. The van der Waals surface area contributed by atoms with Crippen molar-refractivity contribution in [1.29, 1.82) is 0 Å². The number of benzene rings is 3. The molecule has 0 saturated carbocycles. The SMILES string of the molecule is CCCNC(=O)C(CC)N(Cc1cccc(C)c1)C(=O)CN(c1cc(C)ccc1C)S(=O)(=O)c1ccccc1. The highest BCUT2D eigenvalue weighted by atomic mass is 32.2. The first-order valence-electron chi connectivity index (χ1n) is 13.4. The maximum absolute atomic E-state index is 14.1. The van der Waals surface area contributed by atoms with Gasteiger partial charge in [-0.15, -0.1) is 0 Å². The highest BCUT2D eigenvalue weighted by Gasteiger charge is 2.34. The predicted octanol–water partition coefficient (Wildman–Crippen LogP) is 5.14. The molecule has 208 valence electrons. The minimum Gasteiger partial charge on any atom is -0.354 e. The average Bonchev–Trinajstić information content (AvgIpc) is 2.92. The van der Waals surface area contributed by atoms with Crippen LogP contribution in [0.1, 0.15) is 48.9 Å². The number of carbonyl (C=O) groups excluding carboxylic acids is 2. The zero-order valence-corrected chi connectivity index (χ0v) is 24.3. The van der Waals surface area contributed by atoms with Gasteiger partial charge in [-0.2, -0.15) is 0 Å². The molecule has 7 nitrogen and oxygen atoms in total. The molecular weight excluding hydrogens is 510 g/mol. The summed E-state index contributed by atoms with van der Waals surface area (Å²) in [4.78, 5) is 28.9. The maximum Gasteiger partial charge on any atom is 0.264 e. The van der Waals surface area contributed by atoms with Gasteiger partial charge in [0.15, 0.2) is 0 Å². The number of aryl methyl sites for hydroxylation is 3. The number of nitrogens with zero attached hydrogens (tertiary/aromatic N) is 2. The van der Waals surface area contributed by atoms with E-state index in [1.807, 2.05) is 71.0 Å². The summed E-state index contributed by atoms with van der Waals surface area (Å²) in [6.07, 6.45) is 1.16. The number of hydrogen-bond acceptors (Lipinski definition) is 4. The van der Waals surface area contributed by atoms with Gasteiger partial charge in [0.05, 0.1) is 10.6 Å². The topological polar surface area (TPSA) is 86.8 Å². The molecule has 3 rings (SSSR count). The Balaban J connectivity index is 2.08. The van der Waals surface area contributed by atoms with Gasteiger partial charge in [-0.1, -0.05) is 74.0 Å². The van der Waals surface area contributed by atoms with Crippen molar-refractivity contribution in [2.75, 3.05) is 17.4 Å². The third kappa shape index (κ3) is 7.47. The molecule has 0 heterocycles. The number of rotatable bonds is 12. The van der Waals surface area contributed by atoms with E-state index in [1.165, 1.54) is 21.3 Å². The van der Waals surface area contributed by atoms with E-state index in [1.54, 1.807) is 24.3 Å². The van der Waals surface area contributed by atoms with Gasteiger partial charge in [-0.3, -0.25) is 13.9 Å². The minimum absolute atomic E-state index is 0.0941. The van der Waals surface area contributed by atoms with Crippen LogP contribution < -0.4 is 9.62 Å². The van der Waals surface area contributed by atoms with Gasteiger partial charge < -0.3 is 10.2 Å². The van der Waals surface area contributed by atoms with Gasteiger partial charge >= 0.3 is 0 Å². The van der Waals surface area contributed by atoms with Crippen molar-refractivity contribution in [2.45, 2.75) is 64.9 Å². The number of carbonyl (C=O) groups is 2. The van der Waals surface area contributed by atoms with E-state index < -0.39 is 28.5 Å². The molecule has 0 spiro atoms. The molecular formula is C31H39N3O4S. The molecule has 2 amide bonds. The zero-order valence-electron chi connectivity index (χ0n) is 23.5. The van der Waals surface area contributed by atoms with E-state index in [-0.39, 0.29) is 17.3 Å². The molecule has 1 unspecified atom stereocenters. The summed E-state index contributed by atoms with van der Waals surface area (Å²) in [6.45, 7) is 9.74. The van der Waals surface area contributed by atoms with Gasteiger partial charge in [-0.05, 0) is 68.5 Å². The Bertz CT molecular complexity index is 1390. The van der Waals surface area contributed by atoms with Crippen molar-refractivity contribution in [2.24, 2.45) is 0 Å². The fourth-order valence-electron chi connectivity index (χ4n) is 4.51. The lowest BCUT2D eigenvalue weighted by Gasteiger charge is -2.33.